The molecule has 1 aromatic carbocycles. The normalized spacial score (nSPS) is 13.3. The number of benzene rings is 1. The lowest BCUT2D eigenvalue weighted by Crippen LogP contribution is -2.40. The van der Waals surface area contributed by atoms with E-state index in [0.29, 0.717) is 13.0 Å². The zero-order valence-corrected chi connectivity index (χ0v) is 14.2. The van der Waals surface area contributed by atoms with Gasteiger partial charge >= 0.3 is 6.03 Å². The van der Waals surface area contributed by atoms with Crippen LogP contribution in [0.25, 0.3) is 0 Å². The molecule has 2 unspecified atom stereocenters. The van der Waals surface area contributed by atoms with Crippen molar-refractivity contribution in [2.45, 2.75) is 25.8 Å². The van der Waals surface area contributed by atoms with E-state index in [0.717, 1.165) is 11.3 Å². The monoisotopic (exact) mass is 332 g/mol. The minimum Gasteiger partial charge on any atom is -0.396 e. The Morgan fingerprint density at radius 1 is 1.22 bits per heavy atom. The van der Waals surface area contributed by atoms with E-state index in [1.165, 1.54) is 5.56 Å². The highest BCUT2D eigenvalue weighted by Crippen LogP contribution is 2.22. The fraction of sp³-hybridized carbons (Fsp3) is 0.389. The van der Waals surface area contributed by atoms with Crippen molar-refractivity contribution >= 4 is 17.4 Å². The summed E-state index contributed by atoms with van der Waals surface area (Å²) in [6, 6.07) is 14.0. The maximum absolute atomic E-state index is 12.2. The minimum atomic E-state index is -0.163. The lowest BCUT2D eigenvalue weighted by Gasteiger charge is -2.19. The number of amides is 2. The summed E-state index contributed by atoms with van der Waals surface area (Å²) in [5.74, 6) is 0.264. The summed E-state index contributed by atoms with van der Waals surface area (Å²) in [4.78, 5) is 13.3. The molecule has 0 bridgehead atoms. The second-order valence-corrected chi connectivity index (χ2v) is 6.71. The molecule has 3 N–H and O–H groups in total. The molecule has 4 nitrogen and oxygen atoms in total. The number of carbonyl (C=O) groups is 1. The molecule has 1 aromatic heterocycles. The lowest BCUT2D eigenvalue weighted by molar-refractivity contribution is 0.230. The number of thiophene rings is 1. The van der Waals surface area contributed by atoms with Crippen LogP contribution < -0.4 is 10.6 Å². The summed E-state index contributed by atoms with van der Waals surface area (Å²) in [6.45, 7) is 2.72. The van der Waals surface area contributed by atoms with Crippen LogP contribution in [0.5, 0.6) is 0 Å². The molecule has 0 aliphatic heterocycles. The number of hydrogen-bond donors (Lipinski definition) is 3. The molecule has 2 amide bonds. The van der Waals surface area contributed by atoms with Gasteiger partial charge in [-0.3, -0.25) is 0 Å². The first-order valence-corrected chi connectivity index (χ1v) is 8.79. The summed E-state index contributed by atoms with van der Waals surface area (Å²) >= 11 is 1.65. The van der Waals surface area contributed by atoms with Gasteiger partial charge in [-0.05, 0) is 35.8 Å². The van der Waals surface area contributed by atoms with E-state index in [1.807, 2.05) is 42.6 Å². The summed E-state index contributed by atoms with van der Waals surface area (Å²) in [6.07, 6.45) is 1.46. The summed E-state index contributed by atoms with van der Waals surface area (Å²) in [5, 5.41) is 16.9. The van der Waals surface area contributed by atoms with Gasteiger partial charge in [-0.15, -0.1) is 11.3 Å². The van der Waals surface area contributed by atoms with Crippen molar-refractivity contribution in [2.24, 2.45) is 5.92 Å². The Morgan fingerprint density at radius 3 is 2.65 bits per heavy atom. The second-order valence-electron chi connectivity index (χ2n) is 5.73. The molecule has 0 aliphatic rings. The van der Waals surface area contributed by atoms with E-state index < -0.39 is 0 Å². The van der Waals surface area contributed by atoms with E-state index >= 15 is 0 Å². The number of aliphatic hydroxyl groups is 1. The highest BCUT2D eigenvalue weighted by molar-refractivity contribution is 7.10. The number of rotatable bonds is 8. The van der Waals surface area contributed by atoms with Crippen LogP contribution in [0.4, 0.5) is 4.79 Å². The van der Waals surface area contributed by atoms with Crippen LogP contribution in [0.1, 0.15) is 29.8 Å². The van der Waals surface area contributed by atoms with Crippen LogP contribution >= 0.6 is 11.3 Å². The maximum Gasteiger partial charge on any atom is 0.315 e. The fourth-order valence-electron chi connectivity index (χ4n) is 2.36. The highest BCUT2D eigenvalue weighted by atomic mass is 32.1. The van der Waals surface area contributed by atoms with Crippen molar-refractivity contribution < 1.29 is 9.90 Å². The molecule has 0 saturated carbocycles. The molecule has 2 aromatic rings. The molecule has 0 spiro atoms. The topological polar surface area (TPSA) is 61.4 Å². The standard InChI is InChI=1S/C18H24N2O2S/c1-14(9-10-21)13-19-18(22)20-16(17-8-5-11-23-17)12-15-6-3-2-4-7-15/h2-8,11,14,16,21H,9-10,12-13H2,1H3,(H2,19,20,22). The molecular formula is C18H24N2O2S. The van der Waals surface area contributed by atoms with E-state index in [4.69, 9.17) is 5.11 Å². The van der Waals surface area contributed by atoms with E-state index in [-0.39, 0.29) is 24.6 Å². The van der Waals surface area contributed by atoms with Gasteiger partial charge in [0.15, 0.2) is 0 Å². The van der Waals surface area contributed by atoms with Gasteiger partial charge in [-0.25, -0.2) is 4.79 Å². The van der Waals surface area contributed by atoms with Gasteiger partial charge < -0.3 is 15.7 Å². The van der Waals surface area contributed by atoms with Gasteiger partial charge in [0.1, 0.15) is 0 Å². The number of hydrogen-bond acceptors (Lipinski definition) is 3. The first-order chi connectivity index (χ1) is 11.2. The molecule has 0 aliphatic carbocycles. The molecule has 1 heterocycles. The first kappa shape index (κ1) is 17.5. The quantitative estimate of drug-likeness (QED) is 0.694. The number of carbonyl (C=O) groups excluding carboxylic acids is 1. The first-order valence-electron chi connectivity index (χ1n) is 7.91. The van der Waals surface area contributed by atoms with Crippen molar-refractivity contribution in [3.63, 3.8) is 0 Å². The Labute approximate surface area is 141 Å². The SMILES string of the molecule is CC(CCO)CNC(=O)NC(Cc1ccccc1)c1cccs1. The van der Waals surface area contributed by atoms with Crippen LogP contribution in [0.2, 0.25) is 0 Å². The van der Waals surface area contributed by atoms with E-state index in [2.05, 4.69) is 22.8 Å². The van der Waals surface area contributed by atoms with Crippen molar-refractivity contribution in [3.05, 3.63) is 58.3 Å². The van der Waals surface area contributed by atoms with E-state index in [9.17, 15) is 4.79 Å². The van der Waals surface area contributed by atoms with Gasteiger partial charge in [0.05, 0.1) is 6.04 Å². The molecule has 0 saturated heterocycles. The Morgan fingerprint density at radius 2 is 2.00 bits per heavy atom. The molecule has 0 fully saturated rings. The average Bonchev–Trinajstić information content (AvgIpc) is 3.08. The number of urea groups is 1. The minimum absolute atomic E-state index is 0.0365. The molecule has 2 atom stereocenters. The third-order valence-corrected chi connectivity index (χ3v) is 4.69. The lowest BCUT2D eigenvalue weighted by atomic mass is 10.0. The fourth-order valence-corrected chi connectivity index (χ4v) is 3.14. The largest absolute Gasteiger partial charge is 0.396 e. The Kier molecular flexibility index (Phi) is 7.10. The smallest absolute Gasteiger partial charge is 0.315 e. The molecule has 5 heteroatoms. The zero-order valence-electron chi connectivity index (χ0n) is 13.4. The average molecular weight is 332 g/mol. The second kappa shape index (κ2) is 9.33. The Hall–Kier alpha value is -1.85. The van der Waals surface area contributed by atoms with Crippen LogP contribution in [0.3, 0.4) is 0 Å². The molecule has 124 valence electrons. The molecule has 0 radical (unpaired) electrons. The number of aliphatic hydroxyl groups excluding tert-OH is 1. The third kappa shape index (κ3) is 6.04. The predicted octanol–water partition coefficient (Wildman–Crippen LogP) is 3.35. The van der Waals surface area contributed by atoms with Gasteiger partial charge in [0, 0.05) is 18.0 Å². The zero-order chi connectivity index (χ0) is 16.5. The maximum atomic E-state index is 12.2. The van der Waals surface area contributed by atoms with Crippen LogP contribution in [-0.2, 0) is 6.42 Å². The van der Waals surface area contributed by atoms with Crippen molar-refractivity contribution in [3.8, 4) is 0 Å². The summed E-state index contributed by atoms with van der Waals surface area (Å²) < 4.78 is 0. The van der Waals surface area contributed by atoms with Crippen LogP contribution in [0, 0.1) is 5.92 Å². The van der Waals surface area contributed by atoms with E-state index in [1.54, 1.807) is 11.3 Å². The van der Waals surface area contributed by atoms with Crippen molar-refractivity contribution in [1.29, 1.82) is 0 Å². The van der Waals surface area contributed by atoms with Crippen molar-refractivity contribution in [2.75, 3.05) is 13.2 Å². The molecule has 2 rings (SSSR count). The van der Waals surface area contributed by atoms with Gasteiger partial charge in [-0.2, -0.15) is 0 Å². The van der Waals surface area contributed by atoms with Gasteiger partial charge in [0.25, 0.3) is 0 Å². The molecular weight excluding hydrogens is 308 g/mol. The summed E-state index contributed by atoms with van der Waals surface area (Å²) in [7, 11) is 0. The van der Waals surface area contributed by atoms with Crippen molar-refractivity contribution in [1.82, 2.24) is 10.6 Å². The van der Waals surface area contributed by atoms with Gasteiger partial charge in [-0.1, -0.05) is 43.3 Å². The number of nitrogens with one attached hydrogen (secondary N) is 2. The third-order valence-electron chi connectivity index (χ3n) is 3.71. The van der Waals surface area contributed by atoms with Crippen LogP contribution in [0.15, 0.2) is 47.8 Å². The molecule has 23 heavy (non-hydrogen) atoms. The van der Waals surface area contributed by atoms with Crippen LogP contribution in [-0.4, -0.2) is 24.3 Å². The Balaban J connectivity index is 1.94. The summed E-state index contributed by atoms with van der Waals surface area (Å²) in [5.41, 5.74) is 1.19. The van der Waals surface area contributed by atoms with Gasteiger partial charge in [0.2, 0.25) is 0 Å². The Bertz CT molecular complexity index is 572. The highest BCUT2D eigenvalue weighted by Gasteiger charge is 2.16. The predicted molar refractivity (Wildman–Crippen MR) is 94.6 cm³/mol.